The van der Waals surface area contributed by atoms with Crippen LogP contribution in [0, 0.1) is 0 Å². The quantitative estimate of drug-likeness (QED) is 0.481. The largest absolute Gasteiger partial charge is 0.506 e. The van der Waals surface area contributed by atoms with Crippen molar-refractivity contribution in [2.45, 2.75) is 4.90 Å². The second-order valence-corrected chi connectivity index (χ2v) is 7.79. The van der Waals surface area contributed by atoms with Crippen LogP contribution < -0.4 is 10.5 Å². The smallest absolute Gasteiger partial charge is 0.238 e. The van der Waals surface area contributed by atoms with Gasteiger partial charge in [0.05, 0.1) is 11.1 Å². The predicted molar refractivity (Wildman–Crippen MR) is 105 cm³/mol. The molecule has 4 N–H and O–H groups in total. The second kappa shape index (κ2) is 6.59. The van der Waals surface area contributed by atoms with Crippen LogP contribution in [0.5, 0.6) is 5.75 Å². The minimum atomic E-state index is -3.75. The third-order valence-corrected chi connectivity index (χ3v) is 5.07. The molecule has 10 heteroatoms. The van der Waals surface area contributed by atoms with Gasteiger partial charge in [0.2, 0.25) is 16.0 Å². The Morgan fingerprint density at radius 2 is 1.86 bits per heavy atom. The number of phenolic OH excluding ortho intramolecular Hbond substituents is 1. The lowest BCUT2D eigenvalue weighted by Gasteiger charge is -2.08. The molecule has 0 saturated heterocycles. The number of rotatable bonds is 4. The second-order valence-electron chi connectivity index (χ2n) is 6.22. The molecule has 2 aromatic carbocycles. The molecular formula is C18H16N6O3S. The number of phenols is 1. The summed E-state index contributed by atoms with van der Waals surface area (Å²) in [6.45, 7) is 0. The van der Waals surface area contributed by atoms with E-state index in [-0.39, 0.29) is 16.6 Å². The minimum absolute atomic E-state index is 0.0121. The third kappa shape index (κ3) is 3.50. The summed E-state index contributed by atoms with van der Waals surface area (Å²) in [6.07, 6.45) is 5.16. The molecule has 2 heterocycles. The maximum atomic E-state index is 11.3. The van der Waals surface area contributed by atoms with E-state index < -0.39 is 10.0 Å². The fourth-order valence-electron chi connectivity index (χ4n) is 2.78. The van der Waals surface area contributed by atoms with Gasteiger partial charge in [-0.2, -0.15) is 5.10 Å². The molecule has 0 spiro atoms. The van der Waals surface area contributed by atoms with Gasteiger partial charge >= 0.3 is 0 Å². The molecule has 0 aliphatic carbocycles. The highest BCUT2D eigenvalue weighted by molar-refractivity contribution is 7.89. The normalized spacial score (nSPS) is 11.6. The van der Waals surface area contributed by atoms with Crippen molar-refractivity contribution in [2.75, 3.05) is 5.32 Å². The molecule has 0 aliphatic heterocycles. The van der Waals surface area contributed by atoms with Crippen molar-refractivity contribution in [3.05, 3.63) is 55.0 Å². The number of fused-ring (bicyclic) bond motifs is 1. The summed E-state index contributed by atoms with van der Waals surface area (Å²) in [4.78, 5) is 8.61. The summed E-state index contributed by atoms with van der Waals surface area (Å²) in [5, 5.41) is 23.3. The molecule has 0 atom stereocenters. The van der Waals surface area contributed by atoms with E-state index in [1.807, 2.05) is 19.3 Å². The number of aryl methyl sites for hydroxylation is 1. The number of aromatic hydroxyl groups is 1. The van der Waals surface area contributed by atoms with Crippen molar-refractivity contribution in [1.82, 2.24) is 19.7 Å². The highest BCUT2D eigenvalue weighted by atomic mass is 32.2. The van der Waals surface area contributed by atoms with E-state index in [1.165, 1.54) is 12.1 Å². The highest BCUT2D eigenvalue weighted by Crippen LogP contribution is 2.31. The summed E-state index contributed by atoms with van der Waals surface area (Å²) >= 11 is 0. The van der Waals surface area contributed by atoms with Gasteiger partial charge in [-0.25, -0.2) is 23.5 Å². The van der Waals surface area contributed by atoms with Gasteiger partial charge in [0.15, 0.2) is 0 Å². The summed E-state index contributed by atoms with van der Waals surface area (Å²) in [5.74, 6) is 0.284. The van der Waals surface area contributed by atoms with Crippen molar-refractivity contribution < 1.29 is 13.5 Å². The first-order valence-corrected chi connectivity index (χ1v) is 9.73. The van der Waals surface area contributed by atoms with Crippen molar-refractivity contribution in [1.29, 1.82) is 0 Å². The average Bonchev–Trinajstić information content (AvgIpc) is 3.08. The van der Waals surface area contributed by atoms with Crippen LogP contribution in [0.4, 0.5) is 11.6 Å². The Balaban J connectivity index is 1.65. The molecule has 0 bridgehead atoms. The summed E-state index contributed by atoms with van der Waals surface area (Å²) in [6, 6.07) is 9.37. The molecule has 0 saturated carbocycles. The van der Waals surface area contributed by atoms with Gasteiger partial charge in [-0.3, -0.25) is 4.68 Å². The molecule has 28 heavy (non-hydrogen) atoms. The Bertz CT molecular complexity index is 1280. The number of sulfonamides is 1. The van der Waals surface area contributed by atoms with Crippen LogP contribution in [0.2, 0.25) is 0 Å². The van der Waals surface area contributed by atoms with Crippen molar-refractivity contribution in [2.24, 2.45) is 12.2 Å². The molecule has 0 unspecified atom stereocenters. The number of hydrogen-bond donors (Lipinski definition) is 3. The molecule has 0 aliphatic rings. The molecule has 4 rings (SSSR count). The van der Waals surface area contributed by atoms with Crippen LogP contribution in [0.3, 0.4) is 0 Å². The van der Waals surface area contributed by atoms with Crippen molar-refractivity contribution >= 4 is 32.6 Å². The standard InChI is InChI=1S/C18H16N6O3S/c1-24-10-13(9-21-24)11-6-12-8-20-18(23-17(12)16(25)7-11)22-14-2-4-15(5-3-14)28(19,26)27/h2-10,25H,1H3,(H2,19,26,27)(H,20,22,23). The zero-order valence-corrected chi connectivity index (χ0v) is 15.6. The van der Waals surface area contributed by atoms with Gasteiger partial charge in [0, 0.05) is 36.1 Å². The van der Waals surface area contributed by atoms with Crippen LogP contribution in [0.1, 0.15) is 0 Å². The first-order valence-electron chi connectivity index (χ1n) is 8.18. The number of hydrogen-bond acceptors (Lipinski definition) is 7. The molecular weight excluding hydrogens is 380 g/mol. The van der Waals surface area contributed by atoms with E-state index in [1.54, 1.807) is 35.3 Å². The van der Waals surface area contributed by atoms with Crippen LogP contribution in [-0.4, -0.2) is 33.3 Å². The first kappa shape index (κ1) is 17.9. The van der Waals surface area contributed by atoms with E-state index in [0.717, 1.165) is 11.1 Å². The van der Waals surface area contributed by atoms with Gasteiger partial charge < -0.3 is 10.4 Å². The molecule has 4 aromatic rings. The number of nitrogens with zero attached hydrogens (tertiary/aromatic N) is 4. The number of anilines is 2. The number of aromatic nitrogens is 4. The molecule has 2 aromatic heterocycles. The molecule has 0 radical (unpaired) electrons. The van der Waals surface area contributed by atoms with Gasteiger partial charge in [-0.05, 0) is 42.0 Å². The first-order chi connectivity index (χ1) is 13.3. The summed E-state index contributed by atoms with van der Waals surface area (Å²) < 4.78 is 24.3. The van der Waals surface area contributed by atoms with E-state index >= 15 is 0 Å². The van der Waals surface area contributed by atoms with Crippen molar-refractivity contribution in [3.8, 4) is 16.9 Å². The maximum absolute atomic E-state index is 11.3. The fourth-order valence-corrected chi connectivity index (χ4v) is 3.30. The lowest BCUT2D eigenvalue weighted by atomic mass is 10.1. The maximum Gasteiger partial charge on any atom is 0.238 e. The van der Waals surface area contributed by atoms with Crippen LogP contribution in [-0.2, 0) is 17.1 Å². The molecule has 0 amide bonds. The number of primary sulfonamides is 1. The number of nitrogens with one attached hydrogen (secondary N) is 1. The molecule has 0 fully saturated rings. The Hall–Kier alpha value is -3.50. The topological polar surface area (TPSA) is 136 Å². The lowest BCUT2D eigenvalue weighted by molar-refractivity contribution is 0.480. The Kier molecular flexibility index (Phi) is 4.21. The zero-order chi connectivity index (χ0) is 19.9. The third-order valence-electron chi connectivity index (χ3n) is 4.14. The molecule has 9 nitrogen and oxygen atoms in total. The number of nitrogens with two attached hydrogens (primary N) is 1. The summed E-state index contributed by atoms with van der Waals surface area (Å²) in [5.41, 5.74) is 2.65. The fraction of sp³-hybridized carbons (Fsp3) is 0.0556. The van der Waals surface area contributed by atoms with E-state index in [2.05, 4.69) is 20.4 Å². The van der Waals surface area contributed by atoms with Crippen LogP contribution in [0.25, 0.3) is 22.0 Å². The van der Waals surface area contributed by atoms with E-state index in [0.29, 0.717) is 16.6 Å². The van der Waals surface area contributed by atoms with Gasteiger partial charge in [-0.1, -0.05) is 0 Å². The highest BCUT2D eigenvalue weighted by Gasteiger charge is 2.11. The van der Waals surface area contributed by atoms with Gasteiger partial charge in [0.25, 0.3) is 0 Å². The number of benzene rings is 2. The van der Waals surface area contributed by atoms with E-state index in [4.69, 9.17) is 5.14 Å². The average molecular weight is 396 g/mol. The van der Waals surface area contributed by atoms with Gasteiger partial charge in [0.1, 0.15) is 11.3 Å². The van der Waals surface area contributed by atoms with Crippen LogP contribution in [0.15, 0.2) is 59.9 Å². The minimum Gasteiger partial charge on any atom is -0.506 e. The Morgan fingerprint density at radius 1 is 1.11 bits per heavy atom. The Morgan fingerprint density at radius 3 is 2.50 bits per heavy atom. The Labute approximate surface area is 160 Å². The SMILES string of the molecule is Cn1cc(-c2cc(O)c3nc(Nc4ccc(S(N)(=O)=O)cc4)ncc3c2)cn1. The predicted octanol–water partition coefficient (Wildman–Crippen LogP) is 2.13. The van der Waals surface area contributed by atoms with Crippen LogP contribution >= 0.6 is 0 Å². The molecule has 142 valence electrons. The zero-order valence-electron chi connectivity index (χ0n) is 14.7. The monoisotopic (exact) mass is 396 g/mol. The lowest BCUT2D eigenvalue weighted by Crippen LogP contribution is -2.11. The summed E-state index contributed by atoms with van der Waals surface area (Å²) in [7, 11) is -1.93. The van der Waals surface area contributed by atoms with Gasteiger partial charge in [-0.15, -0.1) is 0 Å². The van der Waals surface area contributed by atoms with Crippen molar-refractivity contribution in [3.63, 3.8) is 0 Å². The van der Waals surface area contributed by atoms with E-state index in [9.17, 15) is 13.5 Å².